The van der Waals surface area contributed by atoms with Gasteiger partial charge in [-0.25, -0.2) is 4.98 Å². The molecule has 3 rings (SSSR count). The monoisotopic (exact) mass is 417 g/mol. The minimum Gasteiger partial charge on any atom is -0.489 e. The van der Waals surface area contributed by atoms with Crippen molar-refractivity contribution in [1.29, 1.82) is 0 Å². The van der Waals surface area contributed by atoms with Gasteiger partial charge in [0.05, 0.1) is 16.8 Å². The fraction of sp³-hybridized carbons (Fsp3) is 0.412. The molecule has 142 valence electrons. The Morgan fingerprint density at radius 1 is 1.50 bits per heavy atom. The molecule has 26 heavy (non-hydrogen) atoms. The van der Waals surface area contributed by atoms with Crippen LogP contribution >= 0.6 is 35.3 Å². The highest BCUT2D eigenvalue weighted by molar-refractivity contribution is 7.09. The Kier molecular flexibility index (Phi) is 8.12. The second-order valence-electron chi connectivity index (χ2n) is 5.71. The van der Waals surface area contributed by atoms with Gasteiger partial charge in [0.25, 0.3) is 5.91 Å². The summed E-state index contributed by atoms with van der Waals surface area (Å²) in [5.41, 5.74) is 6.39. The van der Waals surface area contributed by atoms with Gasteiger partial charge in [-0.1, -0.05) is 11.6 Å². The van der Waals surface area contributed by atoms with E-state index in [0.29, 0.717) is 41.7 Å². The maximum Gasteiger partial charge on any atom is 0.275 e. The minimum absolute atomic E-state index is 0. The second kappa shape index (κ2) is 10.1. The lowest BCUT2D eigenvalue weighted by Gasteiger charge is -2.15. The third-order valence-corrected chi connectivity index (χ3v) is 4.92. The van der Waals surface area contributed by atoms with Gasteiger partial charge in [-0.05, 0) is 37.6 Å². The normalized spacial score (nSPS) is 16.2. The summed E-state index contributed by atoms with van der Waals surface area (Å²) in [6.07, 6.45) is 2.78. The van der Waals surface area contributed by atoms with E-state index < -0.39 is 0 Å². The zero-order valence-corrected chi connectivity index (χ0v) is 16.5. The first-order chi connectivity index (χ1) is 12.2. The average Bonchev–Trinajstić information content (AvgIpc) is 3.26. The van der Waals surface area contributed by atoms with E-state index in [1.807, 2.05) is 0 Å². The molecule has 0 bridgehead atoms. The molecule has 3 N–H and O–H groups in total. The number of carbonyl (C=O) groups excluding carboxylic acids is 1. The molecular formula is C17H21Cl2N3O3S. The number of thiazole rings is 1. The van der Waals surface area contributed by atoms with Crippen LogP contribution in [0.1, 0.15) is 28.3 Å². The average molecular weight is 418 g/mol. The Morgan fingerprint density at radius 3 is 3.08 bits per heavy atom. The topological polar surface area (TPSA) is 86.5 Å². The van der Waals surface area contributed by atoms with E-state index in [1.165, 1.54) is 11.3 Å². The molecule has 1 amide bonds. The highest BCUT2D eigenvalue weighted by Gasteiger charge is 2.18. The molecule has 0 radical (unpaired) electrons. The largest absolute Gasteiger partial charge is 0.489 e. The van der Waals surface area contributed by atoms with Crippen LogP contribution in [0.25, 0.3) is 0 Å². The first kappa shape index (κ1) is 20.9. The molecule has 0 saturated carbocycles. The Morgan fingerprint density at radius 2 is 2.35 bits per heavy atom. The highest BCUT2D eigenvalue weighted by atomic mass is 35.5. The van der Waals surface area contributed by atoms with E-state index in [0.717, 1.165) is 24.5 Å². The van der Waals surface area contributed by atoms with Crippen LogP contribution in [-0.4, -0.2) is 36.8 Å². The molecule has 0 spiro atoms. The fourth-order valence-electron chi connectivity index (χ4n) is 2.52. The molecule has 6 nitrogen and oxygen atoms in total. The van der Waals surface area contributed by atoms with E-state index >= 15 is 0 Å². The van der Waals surface area contributed by atoms with Gasteiger partial charge < -0.3 is 20.5 Å². The Hall–Kier alpha value is -1.38. The zero-order chi connectivity index (χ0) is 17.6. The minimum atomic E-state index is -0.302. The number of halogens is 2. The molecule has 2 aromatic rings. The molecular weight excluding hydrogens is 397 g/mol. The van der Waals surface area contributed by atoms with Crippen molar-refractivity contribution in [2.45, 2.75) is 25.4 Å². The van der Waals surface area contributed by atoms with Crippen LogP contribution < -0.4 is 15.8 Å². The smallest absolute Gasteiger partial charge is 0.275 e. The molecule has 1 aromatic heterocycles. The number of ether oxygens (including phenoxy) is 2. The summed E-state index contributed by atoms with van der Waals surface area (Å²) in [5, 5.41) is 5.90. The van der Waals surface area contributed by atoms with E-state index in [4.69, 9.17) is 26.8 Å². The number of anilines is 1. The summed E-state index contributed by atoms with van der Waals surface area (Å²) in [7, 11) is 0. The molecule has 1 aliphatic rings. The van der Waals surface area contributed by atoms with Crippen LogP contribution in [0, 0.1) is 0 Å². The van der Waals surface area contributed by atoms with Gasteiger partial charge in [-0.3, -0.25) is 4.79 Å². The van der Waals surface area contributed by atoms with Gasteiger partial charge in [0.1, 0.15) is 18.1 Å². The third-order valence-electron chi connectivity index (χ3n) is 3.78. The standard InChI is InChI=1S/C17H20ClN3O3S.ClH/c18-11-3-4-15(24-9-12-2-1-7-23-12)13(8-11)21-17(22)14-10-25-16(20-14)5-6-19;/h3-4,8,10,12H,1-2,5-7,9,19H2,(H,21,22);1H. The molecule has 2 heterocycles. The van der Waals surface area contributed by atoms with E-state index in [2.05, 4.69) is 10.3 Å². The first-order valence-electron chi connectivity index (χ1n) is 8.15. The van der Waals surface area contributed by atoms with Crippen molar-refractivity contribution in [3.63, 3.8) is 0 Å². The number of amides is 1. The van der Waals surface area contributed by atoms with E-state index in [1.54, 1.807) is 23.6 Å². The second-order valence-corrected chi connectivity index (χ2v) is 7.08. The lowest BCUT2D eigenvalue weighted by molar-refractivity contribution is 0.0682. The summed E-state index contributed by atoms with van der Waals surface area (Å²) in [6, 6.07) is 5.13. The summed E-state index contributed by atoms with van der Waals surface area (Å²) in [5.74, 6) is 0.259. The molecule has 9 heteroatoms. The lowest BCUT2D eigenvalue weighted by Crippen LogP contribution is -2.18. The molecule has 1 saturated heterocycles. The maximum absolute atomic E-state index is 12.4. The van der Waals surface area contributed by atoms with Gasteiger partial charge in [0.15, 0.2) is 0 Å². The SMILES string of the molecule is Cl.NCCc1nc(C(=O)Nc2cc(Cl)ccc2OCC2CCCO2)cs1. The van der Waals surface area contributed by atoms with Crippen molar-refractivity contribution >= 4 is 46.9 Å². The number of nitrogens with zero attached hydrogens (tertiary/aromatic N) is 1. The molecule has 1 aromatic carbocycles. The quantitative estimate of drug-likeness (QED) is 0.719. The summed E-state index contributed by atoms with van der Waals surface area (Å²) in [4.78, 5) is 16.7. The van der Waals surface area contributed by atoms with Gasteiger partial charge in [-0.2, -0.15) is 0 Å². The Bertz CT molecular complexity index is 736. The van der Waals surface area contributed by atoms with Gasteiger partial charge in [0, 0.05) is 23.4 Å². The van der Waals surface area contributed by atoms with Crippen molar-refractivity contribution in [2.24, 2.45) is 5.73 Å². The Balaban J connectivity index is 0.00000243. The molecule has 1 atom stereocenters. The number of aromatic nitrogens is 1. The summed E-state index contributed by atoms with van der Waals surface area (Å²) >= 11 is 7.48. The summed E-state index contributed by atoms with van der Waals surface area (Å²) in [6.45, 7) is 1.72. The first-order valence-corrected chi connectivity index (χ1v) is 9.41. The number of nitrogens with two attached hydrogens (primary N) is 1. The van der Waals surface area contributed by atoms with Crippen LogP contribution in [-0.2, 0) is 11.2 Å². The van der Waals surface area contributed by atoms with E-state index in [9.17, 15) is 4.79 Å². The van der Waals surface area contributed by atoms with Gasteiger partial charge in [0.2, 0.25) is 0 Å². The summed E-state index contributed by atoms with van der Waals surface area (Å²) < 4.78 is 11.4. The van der Waals surface area contributed by atoms with Crippen molar-refractivity contribution in [1.82, 2.24) is 4.98 Å². The van der Waals surface area contributed by atoms with Crippen LogP contribution in [0.15, 0.2) is 23.6 Å². The van der Waals surface area contributed by atoms with Crippen molar-refractivity contribution < 1.29 is 14.3 Å². The van der Waals surface area contributed by atoms with Crippen molar-refractivity contribution in [2.75, 3.05) is 25.1 Å². The number of hydrogen-bond donors (Lipinski definition) is 2. The van der Waals surface area contributed by atoms with E-state index in [-0.39, 0.29) is 24.4 Å². The van der Waals surface area contributed by atoms with Gasteiger partial charge >= 0.3 is 0 Å². The van der Waals surface area contributed by atoms with Crippen molar-refractivity contribution in [3.05, 3.63) is 39.3 Å². The number of rotatable bonds is 7. The lowest BCUT2D eigenvalue weighted by atomic mass is 10.2. The number of carbonyl (C=O) groups is 1. The molecule has 1 unspecified atom stereocenters. The van der Waals surface area contributed by atoms with Crippen LogP contribution in [0.2, 0.25) is 5.02 Å². The zero-order valence-electron chi connectivity index (χ0n) is 14.1. The van der Waals surface area contributed by atoms with Crippen molar-refractivity contribution in [3.8, 4) is 5.75 Å². The molecule has 1 fully saturated rings. The Labute approximate surface area is 167 Å². The van der Waals surface area contributed by atoms with Crippen LogP contribution in [0.5, 0.6) is 5.75 Å². The number of benzene rings is 1. The molecule has 1 aliphatic heterocycles. The van der Waals surface area contributed by atoms with Crippen LogP contribution in [0.3, 0.4) is 0 Å². The number of hydrogen-bond acceptors (Lipinski definition) is 6. The predicted molar refractivity (Wildman–Crippen MR) is 106 cm³/mol. The maximum atomic E-state index is 12.4. The third kappa shape index (κ3) is 5.56. The fourth-order valence-corrected chi connectivity index (χ4v) is 3.49. The van der Waals surface area contributed by atoms with Crippen LogP contribution in [0.4, 0.5) is 5.69 Å². The molecule has 0 aliphatic carbocycles. The number of nitrogens with one attached hydrogen (secondary N) is 1. The highest BCUT2D eigenvalue weighted by Crippen LogP contribution is 2.29. The predicted octanol–water partition coefficient (Wildman–Crippen LogP) is 3.53. The van der Waals surface area contributed by atoms with Gasteiger partial charge in [-0.15, -0.1) is 23.7 Å².